The molecule has 22 heavy (non-hydrogen) atoms. The van der Waals surface area contributed by atoms with E-state index in [4.69, 9.17) is 10.2 Å². The molecule has 118 valence electrons. The van der Waals surface area contributed by atoms with Gasteiger partial charge in [-0.25, -0.2) is 0 Å². The quantitative estimate of drug-likeness (QED) is 0.765. The van der Waals surface area contributed by atoms with E-state index in [0.29, 0.717) is 0 Å². The van der Waals surface area contributed by atoms with Gasteiger partial charge < -0.3 is 10.2 Å². The van der Waals surface area contributed by atoms with Crippen molar-refractivity contribution in [2.24, 2.45) is 0 Å². The molecule has 0 aliphatic carbocycles. The molecule has 0 saturated carbocycles. The summed E-state index contributed by atoms with van der Waals surface area (Å²) >= 11 is 3.52. The minimum absolute atomic E-state index is 0.106. The monoisotopic (exact) mass is 335 g/mol. The number of aryl methyl sites for hydroxylation is 1. The number of thiophene rings is 2. The van der Waals surface area contributed by atoms with Crippen LogP contribution in [0.15, 0.2) is 23.6 Å². The van der Waals surface area contributed by atoms with E-state index in [-0.39, 0.29) is 13.2 Å². The Hall–Kier alpha value is -1.16. The van der Waals surface area contributed by atoms with Gasteiger partial charge >= 0.3 is 0 Å². The smallest absolute Gasteiger partial charge is 0.104 e. The van der Waals surface area contributed by atoms with E-state index >= 15 is 0 Å². The van der Waals surface area contributed by atoms with E-state index in [9.17, 15) is 0 Å². The van der Waals surface area contributed by atoms with Crippen LogP contribution in [0.3, 0.4) is 0 Å². The van der Waals surface area contributed by atoms with Crippen LogP contribution in [0.4, 0.5) is 0 Å². The van der Waals surface area contributed by atoms with Crippen LogP contribution in [-0.2, 0) is 13.1 Å². The summed E-state index contributed by atoms with van der Waals surface area (Å²) in [6.07, 6.45) is 0.785. The van der Waals surface area contributed by atoms with E-state index in [1.165, 1.54) is 14.6 Å². The van der Waals surface area contributed by atoms with Gasteiger partial charge in [0.2, 0.25) is 0 Å². The first kappa shape index (κ1) is 17.2. The highest BCUT2D eigenvalue weighted by Crippen LogP contribution is 2.21. The summed E-state index contributed by atoms with van der Waals surface area (Å²) in [6, 6.07) is 6.41. The fraction of sp³-hybridized carbons (Fsp3) is 0.412. The van der Waals surface area contributed by atoms with Gasteiger partial charge in [-0.3, -0.25) is 4.90 Å². The number of nitrogens with zero attached hydrogens (tertiary/aromatic N) is 1. The van der Waals surface area contributed by atoms with Crippen LogP contribution in [0.5, 0.6) is 0 Å². The van der Waals surface area contributed by atoms with Gasteiger partial charge in [-0.05, 0) is 31.5 Å². The van der Waals surface area contributed by atoms with E-state index in [1.54, 1.807) is 11.3 Å². The molecule has 3 nitrogen and oxygen atoms in total. The minimum atomic E-state index is -0.106. The molecule has 2 aromatic heterocycles. The lowest BCUT2D eigenvalue weighted by atomic mass is 10.3. The molecule has 0 radical (unpaired) electrons. The molecular weight excluding hydrogens is 314 g/mol. The molecule has 0 aliphatic heterocycles. The Morgan fingerprint density at radius 2 is 2.00 bits per heavy atom. The first-order chi connectivity index (χ1) is 10.7. The van der Waals surface area contributed by atoms with Gasteiger partial charge in [0.25, 0.3) is 0 Å². The zero-order chi connectivity index (χ0) is 15.8. The Morgan fingerprint density at radius 1 is 1.18 bits per heavy atom. The van der Waals surface area contributed by atoms with Crippen molar-refractivity contribution in [2.45, 2.75) is 26.4 Å². The molecule has 5 heteroatoms. The molecule has 2 heterocycles. The summed E-state index contributed by atoms with van der Waals surface area (Å²) in [5.74, 6) is 5.61. The highest BCUT2D eigenvalue weighted by molar-refractivity contribution is 7.11. The molecule has 2 rings (SSSR count). The fourth-order valence-corrected chi connectivity index (χ4v) is 3.98. The molecule has 0 aromatic carbocycles. The molecule has 0 saturated heterocycles. The maximum absolute atomic E-state index is 9.09. The third kappa shape index (κ3) is 5.56. The maximum Gasteiger partial charge on any atom is 0.104 e. The van der Waals surface area contributed by atoms with Gasteiger partial charge in [-0.1, -0.05) is 11.8 Å². The maximum atomic E-state index is 9.09. The number of rotatable bonds is 7. The van der Waals surface area contributed by atoms with Gasteiger partial charge in [-0.15, -0.1) is 22.7 Å². The van der Waals surface area contributed by atoms with Crippen molar-refractivity contribution in [2.75, 3.05) is 19.8 Å². The second-order valence-electron chi connectivity index (χ2n) is 5.06. The first-order valence-corrected chi connectivity index (χ1v) is 8.96. The second kappa shape index (κ2) is 9.09. The summed E-state index contributed by atoms with van der Waals surface area (Å²) in [4.78, 5) is 6.30. The van der Waals surface area contributed by atoms with Crippen LogP contribution in [0, 0.1) is 18.8 Å². The Kier molecular flexibility index (Phi) is 7.10. The summed E-state index contributed by atoms with van der Waals surface area (Å²) in [6.45, 7) is 4.89. The summed E-state index contributed by atoms with van der Waals surface area (Å²) in [5, 5.41) is 19.9. The molecule has 0 atom stereocenters. The molecule has 2 N–H and O–H groups in total. The van der Waals surface area contributed by atoms with Crippen molar-refractivity contribution >= 4 is 22.7 Å². The van der Waals surface area contributed by atoms with Crippen molar-refractivity contribution in [1.82, 2.24) is 4.90 Å². The van der Waals surface area contributed by atoms with E-state index < -0.39 is 0 Å². The zero-order valence-electron chi connectivity index (χ0n) is 12.7. The first-order valence-electron chi connectivity index (χ1n) is 7.27. The van der Waals surface area contributed by atoms with Crippen molar-refractivity contribution in [1.29, 1.82) is 0 Å². The van der Waals surface area contributed by atoms with E-state index in [1.807, 2.05) is 16.7 Å². The van der Waals surface area contributed by atoms with Gasteiger partial charge in [0.15, 0.2) is 0 Å². The zero-order valence-corrected chi connectivity index (χ0v) is 14.3. The normalized spacial score (nSPS) is 10.7. The predicted molar refractivity (Wildman–Crippen MR) is 93.2 cm³/mol. The molecular formula is C17H21NO2S2. The number of hydrogen-bond donors (Lipinski definition) is 2. The Bertz CT molecular complexity index is 636. The largest absolute Gasteiger partial charge is 0.396 e. The third-order valence-electron chi connectivity index (χ3n) is 3.15. The van der Waals surface area contributed by atoms with Crippen molar-refractivity contribution in [3.8, 4) is 11.8 Å². The predicted octanol–water partition coefficient (Wildman–Crippen LogP) is 2.85. The van der Waals surface area contributed by atoms with Crippen LogP contribution < -0.4 is 0 Å². The Labute approximate surface area is 139 Å². The third-order valence-corrected chi connectivity index (χ3v) is 5.06. The van der Waals surface area contributed by atoms with Crippen LogP contribution in [0.25, 0.3) is 0 Å². The van der Waals surface area contributed by atoms with Crippen LogP contribution in [0.1, 0.15) is 26.6 Å². The van der Waals surface area contributed by atoms with Gasteiger partial charge in [-0.2, -0.15) is 0 Å². The minimum Gasteiger partial charge on any atom is -0.396 e. The van der Waals surface area contributed by atoms with Crippen LogP contribution in [-0.4, -0.2) is 34.9 Å². The lowest BCUT2D eigenvalue weighted by Crippen LogP contribution is -2.23. The SMILES string of the molecule is Cc1ccc(CN(CCCO)Cc2cc(C#CCO)cs2)s1. The highest BCUT2D eigenvalue weighted by Gasteiger charge is 2.10. The van der Waals surface area contributed by atoms with Crippen LogP contribution >= 0.6 is 22.7 Å². The van der Waals surface area contributed by atoms with Gasteiger partial charge in [0, 0.05) is 51.8 Å². The van der Waals surface area contributed by atoms with Gasteiger partial charge in [0.1, 0.15) is 6.61 Å². The summed E-state index contributed by atoms with van der Waals surface area (Å²) in [7, 11) is 0. The van der Waals surface area contributed by atoms with Crippen molar-refractivity contribution in [3.63, 3.8) is 0 Å². The van der Waals surface area contributed by atoms with Crippen LogP contribution in [0.2, 0.25) is 0 Å². The Balaban J connectivity index is 2.00. The summed E-state index contributed by atoms with van der Waals surface area (Å²) in [5.41, 5.74) is 0.961. The van der Waals surface area contributed by atoms with Crippen molar-refractivity contribution < 1.29 is 10.2 Å². The van der Waals surface area contributed by atoms with E-state index in [0.717, 1.165) is 31.6 Å². The van der Waals surface area contributed by atoms with E-state index in [2.05, 4.69) is 41.9 Å². The molecule has 0 fully saturated rings. The van der Waals surface area contributed by atoms with Crippen molar-refractivity contribution in [3.05, 3.63) is 43.8 Å². The fourth-order valence-electron chi connectivity index (χ4n) is 2.19. The second-order valence-corrected chi connectivity index (χ2v) is 7.43. The van der Waals surface area contributed by atoms with Gasteiger partial charge in [0.05, 0.1) is 0 Å². The number of hydrogen-bond acceptors (Lipinski definition) is 5. The molecule has 2 aromatic rings. The lowest BCUT2D eigenvalue weighted by molar-refractivity contribution is 0.215. The topological polar surface area (TPSA) is 43.7 Å². The number of aliphatic hydroxyl groups excluding tert-OH is 2. The Morgan fingerprint density at radius 3 is 2.68 bits per heavy atom. The molecule has 0 aliphatic rings. The molecule has 0 amide bonds. The average molecular weight is 335 g/mol. The lowest BCUT2D eigenvalue weighted by Gasteiger charge is -2.20. The summed E-state index contributed by atoms with van der Waals surface area (Å²) < 4.78 is 0. The molecule has 0 spiro atoms. The molecule has 0 unspecified atom stereocenters. The standard InChI is InChI=1S/C17H21NO2S2/c1-14-5-6-16(22-14)11-18(7-3-9-20)12-17-10-15(13-21-17)4-2-8-19/h5-6,10,13,19-20H,3,7-9,11-12H2,1H3. The average Bonchev–Trinajstić information content (AvgIpc) is 3.12. The molecule has 0 bridgehead atoms. The number of aliphatic hydroxyl groups is 2. The highest BCUT2D eigenvalue weighted by atomic mass is 32.1.